The highest BCUT2D eigenvalue weighted by atomic mass is 32.2. The van der Waals surface area contributed by atoms with Gasteiger partial charge in [-0.15, -0.1) is 11.8 Å². The molecule has 0 bridgehead atoms. The number of rotatable bonds is 6. The van der Waals surface area contributed by atoms with Crippen LogP contribution in [0.25, 0.3) is 0 Å². The van der Waals surface area contributed by atoms with Crippen LogP contribution in [0, 0.1) is 0 Å². The second-order valence-electron chi connectivity index (χ2n) is 6.29. The van der Waals surface area contributed by atoms with Crippen molar-refractivity contribution in [2.75, 3.05) is 17.7 Å². The summed E-state index contributed by atoms with van der Waals surface area (Å²) in [6, 6.07) is 8.61. The van der Waals surface area contributed by atoms with Crippen molar-refractivity contribution < 1.29 is 4.79 Å². The van der Waals surface area contributed by atoms with Gasteiger partial charge in [0.1, 0.15) is 0 Å². The molecule has 1 aliphatic rings. The highest BCUT2D eigenvalue weighted by molar-refractivity contribution is 7.98. The van der Waals surface area contributed by atoms with Crippen LogP contribution in [0.5, 0.6) is 0 Å². The third kappa shape index (κ3) is 3.65. The normalized spacial score (nSPS) is 19.0. The fourth-order valence-corrected chi connectivity index (χ4v) is 3.87. The summed E-state index contributed by atoms with van der Waals surface area (Å²) < 4.78 is 1.73. The Balaban J connectivity index is 1.61. The molecular formula is C18H24N4OS. The highest BCUT2D eigenvalue weighted by Gasteiger charge is 2.33. The average molecular weight is 344 g/mol. The van der Waals surface area contributed by atoms with E-state index in [4.69, 9.17) is 0 Å². The number of amides is 1. The Morgan fingerprint density at radius 1 is 1.42 bits per heavy atom. The summed E-state index contributed by atoms with van der Waals surface area (Å²) in [4.78, 5) is 15.8. The Labute approximate surface area is 147 Å². The van der Waals surface area contributed by atoms with Crippen LogP contribution in [0.4, 0.5) is 5.69 Å². The van der Waals surface area contributed by atoms with Crippen molar-refractivity contribution in [2.24, 2.45) is 7.05 Å². The number of anilines is 1. The van der Waals surface area contributed by atoms with Crippen LogP contribution >= 0.6 is 11.8 Å². The molecule has 0 spiro atoms. The van der Waals surface area contributed by atoms with E-state index < -0.39 is 0 Å². The molecule has 1 N–H and O–H groups in total. The zero-order valence-electron chi connectivity index (χ0n) is 14.4. The van der Waals surface area contributed by atoms with Crippen LogP contribution < -0.4 is 10.2 Å². The molecule has 1 saturated heterocycles. The molecule has 2 atom stereocenters. The molecule has 1 aromatic heterocycles. The summed E-state index contributed by atoms with van der Waals surface area (Å²) in [7, 11) is 1.87. The molecule has 2 heterocycles. The predicted octanol–water partition coefficient (Wildman–Crippen LogP) is 2.47. The van der Waals surface area contributed by atoms with E-state index in [1.54, 1.807) is 22.6 Å². The van der Waals surface area contributed by atoms with E-state index in [0.717, 1.165) is 25.1 Å². The number of nitrogens with one attached hydrogen (secondary N) is 1. The smallest absolute Gasteiger partial charge is 0.244 e. The van der Waals surface area contributed by atoms with E-state index >= 15 is 0 Å². The second kappa shape index (κ2) is 7.40. The Kier molecular flexibility index (Phi) is 5.26. The molecule has 3 rings (SSSR count). The highest BCUT2D eigenvalue weighted by Crippen LogP contribution is 2.23. The Hall–Kier alpha value is -1.79. The number of nitrogens with zero attached hydrogens (tertiary/aromatic N) is 3. The molecule has 0 unspecified atom stereocenters. The van der Waals surface area contributed by atoms with Crippen molar-refractivity contribution in [3.63, 3.8) is 0 Å². The molecule has 2 aromatic rings. The van der Waals surface area contributed by atoms with Crippen LogP contribution in [0.15, 0.2) is 41.6 Å². The number of aryl methyl sites for hydroxylation is 1. The molecule has 1 aliphatic heterocycles. The molecule has 0 aliphatic carbocycles. The maximum atomic E-state index is 12.6. The fraction of sp³-hybridized carbons (Fsp3) is 0.444. The predicted molar refractivity (Wildman–Crippen MR) is 98.5 cm³/mol. The molecular weight excluding hydrogens is 320 g/mol. The quantitative estimate of drug-likeness (QED) is 0.818. The standard InChI is InChI=1S/C18H24N4OS/c1-13(10-14-6-4-5-7-17(14)24-3)20-16-8-9-22(18(16)23)15-11-19-21(2)12-15/h4-7,11-13,16,20H,8-10H2,1-3H3/t13-,16+/m1/s1. The monoisotopic (exact) mass is 344 g/mol. The Morgan fingerprint density at radius 3 is 2.92 bits per heavy atom. The molecule has 1 aromatic carbocycles. The molecule has 5 nitrogen and oxygen atoms in total. The van der Waals surface area contributed by atoms with Gasteiger partial charge in [0, 0.05) is 30.7 Å². The summed E-state index contributed by atoms with van der Waals surface area (Å²) in [5.41, 5.74) is 2.21. The minimum atomic E-state index is -0.110. The first kappa shape index (κ1) is 17.0. The molecule has 24 heavy (non-hydrogen) atoms. The van der Waals surface area contributed by atoms with Crippen molar-refractivity contribution in [3.8, 4) is 0 Å². The SMILES string of the molecule is CSc1ccccc1C[C@@H](C)N[C@H]1CCN(c2cnn(C)c2)C1=O. The van der Waals surface area contributed by atoms with Crippen LogP contribution in [-0.4, -0.2) is 40.6 Å². The maximum Gasteiger partial charge on any atom is 0.244 e. The molecule has 0 radical (unpaired) electrons. The lowest BCUT2D eigenvalue weighted by Crippen LogP contribution is -2.43. The molecule has 1 fully saturated rings. The van der Waals surface area contributed by atoms with Gasteiger partial charge < -0.3 is 10.2 Å². The van der Waals surface area contributed by atoms with Crippen molar-refractivity contribution >= 4 is 23.4 Å². The van der Waals surface area contributed by atoms with Crippen molar-refractivity contribution in [3.05, 3.63) is 42.2 Å². The van der Waals surface area contributed by atoms with Gasteiger partial charge in [-0.3, -0.25) is 9.48 Å². The Bertz CT molecular complexity index is 715. The minimum absolute atomic E-state index is 0.110. The average Bonchev–Trinajstić information content (AvgIpc) is 3.14. The van der Waals surface area contributed by atoms with Gasteiger partial charge >= 0.3 is 0 Å². The van der Waals surface area contributed by atoms with Crippen molar-refractivity contribution in [1.82, 2.24) is 15.1 Å². The first-order chi connectivity index (χ1) is 11.6. The fourth-order valence-electron chi connectivity index (χ4n) is 3.24. The lowest BCUT2D eigenvalue weighted by Gasteiger charge is -2.20. The number of carbonyl (C=O) groups excluding carboxylic acids is 1. The number of hydrogen-bond donors (Lipinski definition) is 1. The number of thioether (sulfide) groups is 1. The van der Waals surface area contributed by atoms with Crippen molar-refractivity contribution in [2.45, 2.75) is 36.7 Å². The van der Waals surface area contributed by atoms with Crippen molar-refractivity contribution in [1.29, 1.82) is 0 Å². The van der Waals surface area contributed by atoms with Crippen LogP contribution in [0.2, 0.25) is 0 Å². The molecule has 6 heteroatoms. The lowest BCUT2D eigenvalue weighted by atomic mass is 10.1. The van der Waals surface area contributed by atoms with E-state index in [2.05, 4.69) is 47.9 Å². The van der Waals surface area contributed by atoms with Crippen LogP contribution in [0.1, 0.15) is 18.9 Å². The van der Waals surface area contributed by atoms with E-state index in [9.17, 15) is 4.79 Å². The van der Waals surface area contributed by atoms with Gasteiger partial charge in [0.2, 0.25) is 5.91 Å². The zero-order valence-corrected chi connectivity index (χ0v) is 15.2. The van der Waals surface area contributed by atoms with Gasteiger partial charge in [-0.2, -0.15) is 5.10 Å². The molecule has 0 saturated carbocycles. The number of hydrogen-bond acceptors (Lipinski definition) is 4. The van der Waals surface area contributed by atoms with Gasteiger partial charge in [-0.1, -0.05) is 18.2 Å². The first-order valence-electron chi connectivity index (χ1n) is 8.26. The summed E-state index contributed by atoms with van der Waals surface area (Å²) in [6.45, 7) is 2.90. The molecule has 128 valence electrons. The summed E-state index contributed by atoms with van der Waals surface area (Å²) in [6.07, 6.45) is 7.50. The first-order valence-corrected chi connectivity index (χ1v) is 9.49. The van der Waals surface area contributed by atoms with E-state index in [1.807, 2.05) is 18.1 Å². The van der Waals surface area contributed by atoms with E-state index in [-0.39, 0.29) is 18.0 Å². The van der Waals surface area contributed by atoms with Gasteiger partial charge in [0.25, 0.3) is 0 Å². The number of aromatic nitrogens is 2. The third-order valence-corrected chi connectivity index (χ3v) is 5.25. The number of carbonyl (C=O) groups is 1. The largest absolute Gasteiger partial charge is 0.308 e. The minimum Gasteiger partial charge on any atom is -0.308 e. The van der Waals surface area contributed by atoms with Gasteiger partial charge in [0.15, 0.2) is 0 Å². The summed E-state index contributed by atoms with van der Waals surface area (Å²) >= 11 is 1.77. The lowest BCUT2D eigenvalue weighted by molar-refractivity contribution is -0.119. The maximum absolute atomic E-state index is 12.6. The summed E-state index contributed by atoms with van der Waals surface area (Å²) in [5.74, 6) is 0.146. The molecule has 1 amide bonds. The zero-order chi connectivity index (χ0) is 17.1. The number of benzene rings is 1. The van der Waals surface area contributed by atoms with Crippen LogP contribution in [0.3, 0.4) is 0 Å². The second-order valence-corrected chi connectivity index (χ2v) is 7.14. The van der Waals surface area contributed by atoms with Crippen LogP contribution in [-0.2, 0) is 18.3 Å². The van der Waals surface area contributed by atoms with E-state index in [1.165, 1.54) is 10.5 Å². The van der Waals surface area contributed by atoms with Gasteiger partial charge in [-0.25, -0.2) is 0 Å². The summed E-state index contributed by atoms with van der Waals surface area (Å²) in [5, 5.41) is 7.66. The Morgan fingerprint density at radius 2 is 2.21 bits per heavy atom. The van der Waals surface area contributed by atoms with Gasteiger partial charge in [0.05, 0.1) is 17.9 Å². The topological polar surface area (TPSA) is 50.2 Å². The van der Waals surface area contributed by atoms with E-state index in [0.29, 0.717) is 0 Å². The van der Waals surface area contributed by atoms with Gasteiger partial charge in [-0.05, 0) is 37.7 Å². The third-order valence-electron chi connectivity index (χ3n) is 4.41.